The zero-order chi connectivity index (χ0) is 19.5. The molecule has 1 aliphatic carbocycles. The summed E-state index contributed by atoms with van der Waals surface area (Å²) in [5, 5.41) is 1.02. The molecule has 0 radical (unpaired) electrons. The summed E-state index contributed by atoms with van der Waals surface area (Å²) in [7, 11) is 0. The first-order valence-corrected chi connectivity index (χ1v) is 10.6. The number of carbonyl (C=O) groups is 2. The van der Waals surface area contributed by atoms with Crippen molar-refractivity contribution in [3.63, 3.8) is 0 Å². The number of esters is 1. The fraction of sp³-hybridized carbons (Fsp3) is 0.348. The molecule has 0 amide bonds. The second kappa shape index (κ2) is 8.23. The maximum Gasteiger partial charge on any atom is 0.306 e. The number of benzene rings is 2. The molecule has 144 valence electrons. The number of carbonyl (C=O) groups excluding carboxylic acids is 2. The van der Waals surface area contributed by atoms with E-state index in [-0.39, 0.29) is 18.2 Å². The van der Waals surface area contributed by atoms with Gasteiger partial charge in [0.1, 0.15) is 0 Å². The van der Waals surface area contributed by atoms with Crippen molar-refractivity contribution in [3.8, 4) is 0 Å². The molecule has 0 unspecified atom stereocenters. The van der Waals surface area contributed by atoms with Gasteiger partial charge in [-0.2, -0.15) is 0 Å². The number of hydrogen-bond acceptors (Lipinski definition) is 5. The molecule has 0 spiro atoms. The molecular weight excluding hydrogens is 370 g/mol. The molecule has 28 heavy (non-hydrogen) atoms. The lowest BCUT2D eigenvalue weighted by Crippen LogP contribution is -2.24. The lowest BCUT2D eigenvalue weighted by Gasteiger charge is -2.13. The highest BCUT2D eigenvalue weighted by Gasteiger charge is 2.21. The minimum absolute atomic E-state index is 0.130. The SMILES string of the molecule is C[C@H](OC(=O)CCCc1nc2ccccc2s1)C(=O)c1ccc2c(c1)CCC2. The second-order valence-corrected chi connectivity index (χ2v) is 8.38. The Morgan fingerprint density at radius 1 is 1.14 bits per heavy atom. The Morgan fingerprint density at radius 3 is 2.82 bits per heavy atom. The van der Waals surface area contributed by atoms with E-state index in [9.17, 15) is 9.59 Å². The van der Waals surface area contributed by atoms with Gasteiger partial charge in [0, 0.05) is 12.0 Å². The molecule has 1 aromatic heterocycles. The van der Waals surface area contributed by atoms with Gasteiger partial charge in [0.2, 0.25) is 5.78 Å². The van der Waals surface area contributed by atoms with E-state index in [1.165, 1.54) is 11.1 Å². The zero-order valence-corrected chi connectivity index (χ0v) is 16.8. The van der Waals surface area contributed by atoms with Gasteiger partial charge in [-0.3, -0.25) is 9.59 Å². The number of hydrogen-bond donors (Lipinski definition) is 0. The quantitative estimate of drug-likeness (QED) is 0.422. The van der Waals surface area contributed by atoms with E-state index in [4.69, 9.17) is 4.74 Å². The molecule has 0 saturated heterocycles. The summed E-state index contributed by atoms with van der Waals surface area (Å²) in [6, 6.07) is 13.9. The Morgan fingerprint density at radius 2 is 1.96 bits per heavy atom. The molecule has 0 N–H and O–H groups in total. The predicted octanol–water partition coefficient (Wildman–Crippen LogP) is 4.92. The van der Waals surface area contributed by atoms with Crippen molar-refractivity contribution in [2.45, 2.75) is 51.6 Å². The first-order chi connectivity index (χ1) is 13.6. The molecule has 3 aromatic rings. The van der Waals surface area contributed by atoms with E-state index in [0.717, 1.165) is 40.9 Å². The largest absolute Gasteiger partial charge is 0.454 e. The third-order valence-corrected chi connectivity index (χ3v) is 6.27. The summed E-state index contributed by atoms with van der Waals surface area (Å²) in [5.74, 6) is -0.461. The Labute approximate surface area is 168 Å². The topological polar surface area (TPSA) is 56.3 Å². The molecule has 5 heteroatoms. The van der Waals surface area contributed by atoms with Crippen molar-refractivity contribution in [1.29, 1.82) is 0 Å². The minimum atomic E-state index is -0.755. The van der Waals surface area contributed by atoms with Crippen molar-refractivity contribution in [2.75, 3.05) is 0 Å². The first kappa shape index (κ1) is 18.8. The zero-order valence-electron chi connectivity index (χ0n) is 15.9. The number of aryl methyl sites for hydroxylation is 3. The van der Waals surface area contributed by atoms with E-state index in [1.807, 2.05) is 36.4 Å². The van der Waals surface area contributed by atoms with E-state index in [0.29, 0.717) is 12.0 Å². The molecule has 0 fully saturated rings. The number of ether oxygens (including phenoxy) is 1. The van der Waals surface area contributed by atoms with Gasteiger partial charge >= 0.3 is 5.97 Å². The lowest BCUT2D eigenvalue weighted by molar-refractivity contribution is -0.146. The maximum atomic E-state index is 12.6. The van der Waals surface area contributed by atoms with Crippen LogP contribution in [-0.4, -0.2) is 22.8 Å². The summed E-state index contributed by atoms with van der Waals surface area (Å²) in [5.41, 5.74) is 4.21. The highest BCUT2D eigenvalue weighted by molar-refractivity contribution is 7.18. The van der Waals surface area contributed by atoms with Crippen LogP contribution in [0.25, 0.3) is 10.2 Å². The average molecular weight is 394 g/mol. The van der Waals surface area contributed by atoms with Crippen molar-refractivity contribution >= 4 is 33.3 Å². The number of thiazole rings is 1. The van der Waals surface area contributed by atoms with Gasteiger partial charge in [-0.1, -0.05) is 24.3 Å². The summed E-state index contributed by atoms with van der Waals surface area (Å²) in [4.78, 5) is 29.3. The van der Waals surface area contributed by atoms with Crippen LogP contribution in [0.5, 0.6) is 0 Å². The number of para-hydroxylation sites is 1. The molecule has 0 saturated carbocycles. The van der Waals surface area contributed by atoms with Crippen molar-refractivity contribution in [3.05, 3.63) is 64.2 Å². The van der Waals surface area contributed by atoms with Crippen molar-refractivity contribution in [1.82, 2.24) is 4.98 Å². The highest BCUT2D eigenvalue weighted by Crippen LogP contribution is 2.24. The molecule has 1 aliphatic rings. The molecule has 0 aliphatic heterocycles. The fourth-order valence-corrected chi connectivity index (χ4v) is 4.69. The predicted molar refractivity (Wildman–Crippen MR) is 111 cm³/mol. The molecular formula is C23H23NO3S. The van der Waals surface area contributed by atoms with Crippen LogP contribution in [0.4, 0.5) is 0 Å². The Balaban J connectivity index is 1.27. The molecule has 1 atom stereocenters. The maximum absolute atomic E-state index is 12.6. The van der Waals surface area contributed by atoms with Crippen LogP contribution >= 0.6 is 11.3 Å². The van der Waals surface area contributed by atoms with Gasteiger partial charge in [-0.15, -0.1) is 11.3 Å². The standard InChI is InChI=1S/C23H23NO3S/c1-15(23(26)18-13-12-16-6-4-7-17(16)14-18)27-22(25)11-5-10-21-24-19-8-2-3-9-20(19)28-21/h2-3,8-9,12-15H,4-7,10-11H2,1H3/t15-/m0/s1. The number of rotatable bonds is 7. The first-order valence-electron chi connectivity index (χ1n) is 9.80. The third-order valence-electron chi connectivity index (χ3n) is 5.17. The average Bonchev–Trinajstić information content (AvgIpc) is 3.32. The molecule has 2 aromatic carbocycles. The van der Waals surface area contributed by atoms with Gasteiger partial charge in [0.25, 0.3) is 0 Å². The van der Waals surface area contributed by atoms with E-state index < -0.39 is 6.10 Å². The van der Waals surface area contributed by atoms with Crippen LogP contribution in [0.15, 0.2) is 42.5 Å². The van der Waals surface area contributed by atoms with Crippen LogP contribution < -0.4 is 0 Å². The van der Waals surface area contributed by atoms with Gasteiger partial charge < -0.3 is 4.74 Å². The molecule has 1 heterocycles. The molecule has 4 rings (SSSR count). The number of fused-ring (bicyclic) bond motifs is 2. The smallest absolute Gasteiger partial charge is 0.306 e. The van der Waals surface area contributed by atoms with E-state index in [2.05, 4.69) is 11.1 Å². The Hall–Kier alpha value is -2.53. The highest BCUT2D eigenvalue weighted by atomic mass is 32.1. The van der Waals surface area contributed by atoms with Gasteiger partial charge in [0.15, 0.2) is 6.10 Å². The normalized spacial score (nSPS) is 14.0. The minimum Gasteiger partial charge on any atom is -0.454 e. The summed E-state index contributed by atoms with van der Waals surface area (Å²) in [6.07, 6.45) is 4.19. The van der Waals surface area contributed by atoms with E-state index >= 15 is 0 Å². The number of nitrogens with zero attached hydrogens (tertiary/aromatic N) is 1. The second-order valence-electron chi connectivity index (χ2n) is 7.26. The van der Waals surface area contributed by atoms with Crippen molar-refractivity contribution < 1.29 is 14.3 Å². The third kappa shape index (κ3) is 4.14. The lowest BCUT2D eigenvalue weighted by atomic mass is 10.0. The summed E-state index contributed by atoms with van der Waals surface area (Å²) in [6.45, 7) is 1.65. The Bertz CT molecular complexity index is 991. The van der Waals surface area contributed by atoms with Crippen LogP contribution in [-0.2, 0) is 28.8 Å². The van der Waals surface area contributed by atoms with Crippen molar-refractivity contribution in [2.24, 2.45) is 0 Å². The van der Waals surface area contributed by atoms with Crippen LogP contribution in [0, 0.1) is 0 Å². The number of Topliss-reactive ketones (excluding diaryl/α,β-unsaturated/α-hetero) is 1. The monoisotopic (exact) mass is 393 g/mol. The number of ketones is 1. The Kier molecular flexibility index (Phi) is 5.53. The molecule has 4 nitrogen and oxygen atoms in total. The molecule has 0 bridgehead atoms. The summed E-state index contributed by atoms with van der Waals surface area (Å²) < 4.78 is 6.54. The van der Waals surface area contributed by atoms with Crippen LogP contribution in [0.1, 0.15) is 52.7 Å². The number of aromatic nitrogens is 1. The van der Waals surface area contributed by atoms with Gasteiger partial charge in [0.05, 0.1) is 15.2 Å². The van der Waals surface area contributed by atoms with Gasteiger partial charge in [-0.25, -0.2) is 4.98 Å². The van der Waals surface area contributed by atoms with Crippen LogP contribution in [0.2, 0.25) is 0 Å². The fourth-order valence-electron chi connectivity index (χ4n) is 3.68. The van der Waals surface area contributed by atoms with Crippen LogP contribution in [0.3, 0.4) is 0 Å². The van der Waals surface area contributed by atoms with Gasteiger partial charge in [-0.05, 0) is 68.4 Å². The summed E-state index contributed by atoms with van der Waals surface area (Å²) >= 11 is 1.66. The van der Waals surface area contributed by atoms with E-state index in [1.54, 1.807) is 18.3 Å².